The summed E-state index contributed by atoms with van der Waals surface area (Å²) in [6.07, 6.45) is 2.01. The van der Waals surface area contributed by atoms with E-state index < -0.39 is 0 Å². The van der Waals surface area contributed by atoms with Crippen molar-refractivity contribution in [3.63, 3.8) is 0 Å². The lowest BCUT2D eigenvalue weighted by atomic mass is 10.2. The van der Waals surface area contributed by atoms with E-state index in [1.807, 2.05) is 30.5 Å². The molecule has 2 aromatic carbocycles. The summed E-state index contributed by atoms with van der Waals surface area (Å²) >= 11 is 1.67. The fourth-order valence-electron chi connectivity index (χ4n) is 1.70. The second-order valence-electron chi connectivity index (χ2n) is 4.37. The molecule has 5 heteroatoms. The largest absolute Gasteiger partial charge is 0.484 e. The van der Waals surface area contributed by atoms with E-state index in [1.165, 1.54) is 23.1 Å². The van der Waals surface area contributed by atoms with Crippen LogP contribution in [-0.4, -0.2) is 18.8 Å². The summed E-state index contributed by atoms with van der Waals surface area (Å²) in [6.45, 7) is 0.312. The second kappa shape index (κ2) is 7.69. The zero-order chi connectivity index (χ0) is 15.1. The van der Waals surface area contributed by atoms with Crippen LogP contribution < -0.4 is 10.1 Å². The highest BCUT2D eigenvalue weighted by Gasteiger charge is 2.03. The van der Waals surface area contributed by atoms with Crippen molar-refractivity contribution >= 4 is 17.7 Å². The predicted molar refractivity (Wildman–Crippen MR) is 82.0 cm³/mol. The van der Waals surface area contributed by atoms with Crippen LogP contribution in [0.25, 0.3) is 0 Å². The Balaban J connectivity index is 1.76. The average molecular weight is 305 g/mol. The summed E-state index contributed by atoms with van der Waals surface area (Å²) in [5.41, 5.74) is 1.02. The van der Waals surface area contributed by atoms with Gasteiger partial charge in [0.25, 0.3) is 5.91 Å². The molecule has 2 aromatic rings. The van der Waals surface area contributed by atoms with Gasteiger partial charge in [-0.1, -0.05) is 18.2 Å². The van der Waals surface area contributed by atoms with Crippen molar-refractivity contribution in [2.75, 3.05) is 12.9 Å². The van der Waals surface area contributed by atoms with Gasteiger partial charge in [0, 0.05) is 17.5 Å². The van der Waals surface area contributed by atoms with Gasteiger partial charge in [-0.2, -0.15) is 0 Å². The van der Waals surface area contributed by atoms with Gasteiger partial charge in [-0.15, -0.1) is 11.8 Å². The Morgan fingerprint density at radius 3 is 2.67 bits per heavy atom. The second-order valence-corrected chi connectivity index (χ2v) is 5.25. The summed E-state index contributed by atoms with van der Waals surface area (Å²) in [7, 11) is 0. The molecule has 0 atom stereocenters. The zero-order valence-electron chi connectivity index (χ0n) is 11.6. The van der Waals surface area contributed by atoms with E-state index in [4.69, 9.17) is 4.74 Å². The first-order valence-corrected chi connectivity index (χ1v) is 7.68. The van der Waals surface area contributed by atoms with Crippen LogP contribution in [-0.2, 0) is 11.3 Å². The molecule has 0 aromatic heterocycles. The summed E-state index contributed by atoms with van der Waals surface area (Å²) in [6, 6.07) is 13.7. The Bertz CT molecular complexity index is 601. The van der Waals surface area contributed by atoms with Crippen LogP contribution in [0.4, 0.5) is 4.39 Å². The number of benzene rings is 2. The molecule has 110 valence electrons. The van der Waals surface area contributed by atoms with Crippen LogP contribution in [0.15, 0.2) is 53.4 Å². The van der Waals surface area contributed by atoms with Gasteiger partial charge < -0.3 is 10.1 Å². The fourth-order valence-corrected chi connectivity index (χ4v) is 2.11. The van der Waals surface area contributed by atoms with Crippen LogP contribution in [0.3, 0.4) is 0 Å². The summed E-state index contributed by atoms with van der Waals surface area (Å²) < 4.78 is 18.2. The van der Waals surface area contributed by atoms with Crippen LogP contribution in [0.5, 0.6) is 5.75 Å². The molecule has 0 spiro atoms. The van der Waals surface area contributed by atoms with E-state index in [-0.39, 0.29) is 18.3 Å². The van der Waals surface area contributed by atoms with Gasteiger partial charge in [-0.3, -0.25) is 4.79 Å². The molecule has 0 aliphatic heterocycles. The van der Waals surface area contributed by atoms with Gasteiger partial charge in [0.2, 0.25) is 0 Å². The number of hydrogen-bond donors (Lipinski definition) is 1. The number of ether oxygens (including phenoxy) is 1. The van der Waals surface area contributed by atoms with E-state index in [2.05, 4.69) is 5.32 Å². The Hall–Kier alpha value is -2.01. The number of amides is 1. The molecule has 0 aliphatic carbocycles. The molecule has 0 aliphatic rings. The number of nitrogens with one attached hydrogen (secondary N) is 1. The first-order valence-electron chi connectivity index (χ1n) is 6.45. The maximum Gasteiger partial charge on any atom is 0.258 e. The molecular weight excluding hydrogens is 289 g/mol. The standard InChI is InChI=1S/C16H16FNO2S/c1-21-15-7-5-12(6-8-15)10-18-16(19)11-20-14-4-2-3-13(17)9-14/h2-9H,10-11H2,1H3,(H,18,19). The van der Waals surface area contributed by atoms with Gasteiger partial charge >= 0.3 is 0 Å². The molecule has 0 saturated carbocycles. The Kier molecular flexibility index (Phi) is 5.63. The molecule has 0 saturated heterocycles. The predicted octanol–water partition coefficient (Wildman–Crippen LogP) is 3.24. The molecule has 0 unspecified atom stereocenters. The molecule has 21 heavy (non-hydrogen) atoms. The minimum Gasteiger partial charge on any atom is -0.484 e. The van der Waals surface area contributed by atoms with Gasteiger partial charge in [0.1, 0.15) is 11.6 Å². The quantitative estimate of drug-likeness (QED) is 0.833. The van der Waals surface area contributed by atoms with Crippen molar-refractivity contribution in [2.24, 2.45) is 0 Å². The minimum absolute atomic E-state index is 0.133. The lowest BCUT2D eigenvalue weighted by Crippen LogP contribution is -2.28. The third-order valence-corrected chi connectivity index (χ3v) is 3.56. The van der Waals surface area contributed by atoms with Crippen molar-refractivity contribution in [3.8, 4) is 5.75 Å². The average Bonchev–Trinajstić information content (AvgIpc) is 2.51. The summed E-state index contributed by atoms with van der Waals surface area (Å²) in [4.78, 5) is 12.8. The van der Waals surface area contributed by atoms with Crippen molar-refractivity contribution in [1.82, 2.24) is 5.32 Å². The van der Waals surface area contributed by atoms with Crippen molar-refractivity contribution in [3.05, 3.63) is 59.9 Å². The van der Waals surface area contributed by atoms with Crippen LogP contribution in [0, 0.1) is 5.82 Å². The Labute approximate surface area is 127 Å². The lowest BCUT2D eigenvalue weighted by Gasteiger charge is -2.08. The zero-order valence-corrected chi connectivity index (χ0v) is 12.5. The number of carbonyl (C=O) groups excluding carboxylic acids is 1. The van der Waals surface area contributed by atoms with Crippen molar-refractivity contribution in [1.29, 1.82) is 0 Å². The molecule has 1 amide bonds. The van der Waals surface area contributed by atoms with Crippen LogP contribution >= 0.6 is 11.8 Å². The van der Waals surface area contributed by atoms with Crippen LogP contribution in [0.1, 0.15) is 5.56 Å². The molecule has 3 nitrogen and oxygen atoms in total. The Morgan fingerprint density at radius 1 is 1.24 bits per heavy atom. The smallest absolute Gasteiger partial charge is 0.258 e. The maximum absolute atomic E-state index is 12.9. The highest BCUT2D eigenvalue weighted by molar-refractivity contribution is 7.98. The van der Waals surface area contributed by atoms with Gasteiger partial charge in [0.05, 0.1) is 0 Å². The molecule has 0 bridgehead atoms. The topological polar surface area (TPSA) is 38.3 Å². The number of carbonyl (C=O) groups is 1. The number of hydrogen-bond acceptors (Lipinski definition) is 3. The molecule has 0 radical (unpaired) electrons. The minimum atomic E-state index is -0.387. The molecule has 2 rings (SSSR count). The highest BCUT2D eigenvalue weighted by atomic mass is 32.2. The van der Waals surface area contributed by atoms with Crippen molar-refractivity contribution in [2.45, 2.75) is 11.4 Å². The van der Waals surface area contributed by atoms with E-state index in [0.29, 0.717) is 12.3 Å². The molecule has 1 N–H and O–H groups in total. The number of halogens is 1. The van der Waals surface area contributed by atoms with E-state index in [9.17, 15) is 9.18 Å². The molecule has 0 heterocycles. The first-order chi connectivity index (χ1) is 10.2. The third-order valence-electron chi connectivity index (χ3n) is 2.81. The van der Waals surface area contributed by atoms with Gasteiger partial charge in [-0.25, -0.2) is 4.39 Å². The lowest BCUT2D eigenvalue weighted by molar-refractivity contribution is -0.123. The van der Waals surface area contributed by atoms with Gasteiger partial charge in [-0.05, 0) is 36.1 Å². The fraction of sp³-hybridized carbons (Fsp3) is 0.188. The Morgan fingerprint density at radius 2 is 2.00 bits per heavy atom. The third kappa shape index (κ3) is 5.11. The van der Waals surface area contributed by atoms with Gasteiger partial charge in [0.15, 0.2) is 6.61 Å². The van der Waals surface area contributed by atoms with Crippen molar-refractivity contribution < 1.29 is 13.9 Å². The van der Waals surface area contributed by atoms with Crippen LogP contribution in [0.2, 0.25) is 0 Å². The first kappa shape index (κ1) is 15.4. The molecular formula is C16H16FNO2S. The van der Waals surface area contributed by atoms with E-state index in [1.54, 1.807) is 17.8 Å². The monoisotopic (exact) mass is 305 g/mol. The maximum atomic E-state index is 12.9. The molecule has 0 fully saturated rings. The normalized spacial score (nSPS) is 10.2. The SMILES string of the molecule is CSc1ccc(CNC(=O)COc2cccc(F)c2)cc1. The summed E-state index contributed by atoms with van der Waals surface area (Å²) in [5, 5.41) is 2.76. The highest BCUT2D eigenvalue weighted by Crippen LogP contribution is 2.14. The summed E-state index contributed by atoms with van der Waals surface area (Å²) in [5.74, 6) is -0.288. The number of thioether (sulfide) groups is 1. The number of rotatable bonds is 6. The van der Waals surface area contributed by atoms with E-state index in [0.717, 1.165) is 5.56 Å². The van der Waals surface area contributed by atoms with E-state index >= 15 is 0 Å².